The van der Waals surface area contributed by atoms with Crippen LogP contribution in [0.5, 0.6) is 0 Å². The Hall–Kier alpha value is -1.21. The number of halogens is 1. The van der Waals surface area contributed by atoms with Gasteiger partial charge in [0, 0.05) is 12.2 Å². The summed E-state index contributed by atoms with van der Waals surface area (Å²) in [5.74, 6) is 2.76. The quantitative estimate of drug-likeness (QED) is 0.894. The first-order valence-corrected chi connectivity index (χ1v) is 6.95. The second-order valence-electron chi connectivity index (χ2n) is 4.28. The third kappa shape index (κ3) is 3.64. The monoisotopic (exact) mass is 250 g/mol. The van der Waals surface area contributed by atoms with Gasteiger partial charge in [0.05, 0.1) is 11.6 Å². The van der Waals surface area contributed by atoms with Crippen molar-refractivity contribution in [2.75, 3.05) is 23.4 Å². The summed E-state index contributed by atoms with van der Waals surface area (Å²) in [6, 6.07) is 6.35. The molecule has 1 aromatic rings. The summed E-state index contributed by atoms with van der Waals surface area (Å²) in [7, 11) is 0. The molecule has 1 heterocycles. The van der Waals surface area contributed by atoms with Gasteiger partial charge in [-0.25, -0.2) is 4.39 Å². The number of thioether (sulfide) groups is 1. The van der Waals surface area contributed by atoms with Crippen molar-refractivity contribution in [3.8, 4) is 6.07 Å². The van der Waals surface area contributed by atoms with Crippen molar-refractivity contribution < 1.29 is 4.39 Å². The normalized spacial score (nSPS) is 16.5. The molecule has 90 valence electrons. The maximum Gasteiger partial charge on any atom is 0.126 e. The van der Waals surface area contributed by atoms with Crippen molar-refractivity contribution in [1.82, 2.24) is 0 Å². The van der Waals surface area contributed by atoms with Gasteiger partial charge in [-0.3, -0.25) is 0 Å². The van der Waals surface area contributed by atoms with Gasteiger partial charge in [-0.1, -0.05) is 0 Å². The smallest absolute Gasteiger partial charge is 0.126 e. The largest absolute Gasteiger partial charge is 0.385 e. The summed E-state index contributed by atoms with van der Waals surface area (Å²) in [5, 5.41) is 12.0. The summed E-state index contributed by atoms with van der Waals surface area (Å²) >= 11 is 2.00. The SMILES string of the molecule is N#Cc1cc(F)cc(NCC2CCSCC2)c1. The Bertz CT molecular complexity index is 422. The number of hydrogen-bond acceptors (Lipinski definition) is 3. The molecule has 1 saturated heterocycles. The highest BCUT2D eigenvalue weighted by atomic mass is 32.2. The fourth-order valence-electron chi connectivity index (χ4n) is 1.97. The minimum Gasteiger partial charge on any atom is -0.385 e. The topological polar surface area (TPSA) is 35.8 Å². The molecule has 1 N–H and O–H groups in total. The molecule has 17 heavy (non-hydrogen) atoms. The van der Waals surface area contributed by atoms with E-state index in [0.717, 1.165) is 6.54 Å². The van der Waals surface area contributed by atoms with E-state index in [2.05, 4.69) is 5.32 Å². The second kappa shape index (κ2) is 5.92. The van der Waals surface area contributed by atoms with Crippen molar-refractivity contribution in [3.05, 3.63) is 29.6 Å². The lowest BCUT2D eigenvalue weighted by Gasteiger charge is -2.22. The van der Waals surface area contributed by atoms with Crippen LogP contribution in [0.4, 0.5) is 10.1 Å². The molecule has 1 aliphatic rings. The van der Waals surface area contributed by atoms with Crippen LogP contribution in [0.1, 0.15) is 18.4 Å². The molecule has 2 nitrogen and oxygen atoms in total. The first-order valence-electron chi connectivity index (χ1n) is 5.80. The minimum absolute atomic E-state index is 0.356. The number of benzene rings is 1. The lowest BCUT2D eigenvalue weighted by Crippen LogP contribution is -2.19. The lowest BCUT2D eigenvalue weighted by atomic mass is 10.0. The van der Waals surface area contributed by atoms with Crippen LogP contribution in [0, 0.1) is 23.1 Å². The molecule has 0 radical (unpaired) electrons. The first kappa shape index (κ1) is 12.3. The van der Waals surface area contributed by atoms with E-state index in [1.54, 1.807) is 6.07 Å². The van der Waals surface area contributed by atoms with Crippen molar-refractivity contribution >= 4 is 17.4 Å². The summed E-state index contributed by atoms with van der Waals surface area (Å²) in [4.78, 5) is 0. The maximum absolute atomic E-state index is 13.2. The molecule has 0 bridgehead atoms. The van der Waals surface area contributed by atoms with E-state index >= 15 is 0 Å². The molecule has 0 unspecified atom stereocenters. The van der Waals surface area contributed by atoms with Crippen LogP contribution >= 0.6 is 11.8 Å². The van der Waals surface area contributed by atoms with E-state index in [1.165, 1.54) is 36.5 Å². The molecule has 0 aromatic heterocycles. The average molecular weight is 250 g/mol. The number of anilines is 1. The highest BCUT2D eigenvalue weighted by molar-refractivity contribution is 7.99. The van der Waals surface area contributed by atoms with Gasteiger partial charge in [0.15, 0.2) is 0 Å². The fraction of sp³-hybridized carbons (Fsp3) is 0.462. The maximum atomic E-state index is 13.2. The van der Waals surface area contributed by atoms with Gasteiger partial charge in [-0.05, 0) is 48.5 Å². The third-order valence-corrected chi connectivity index (χ3v) is 4.01. The van der Waals surface area contributed by atoms with Crippen LogP contribution in [-0.4, -0.2) is 18.1 Å². The van der Waals surface area contributed by atoms with Gasteiger partial charge in [-0.15, -0.1) is 0 Å². The van der Waals surface area contributed by atoms with Gasteiger partial charge < -0.3 is 5.32 Å². The van der Waals surface area contributed by atoms with Crippen LogP contribution in [0.25, 0.3) is 0 Å². The molecule has 0 spiro atoms. The second-order valence-corrected chi connectivity index (χ2v) is 5.50. The Morgan fingerprint density at radius 2 is 2.12 bits per heavy atom. The van der Waals surface area contributed by atoms with Crippen molar-refractivity contribution in [2.45, 2.75) is 12.8 Å². The molecule has 1 aromatic carbocycles. The number of nitrogens with zero attached hydrogens (tertiary/aromatic N) is 1. The van der Waals surface area contributed by atoms with Gasteiger partial charge in [0.25, 0.3) is 0 Å². The van der Waals surface area contributed by atoms with E-state index in [1.807, 2.05) is 17.8 Å². The highest BCUT2D eigenvalue weighted by Gasteiger charge is 2.13. The molecule has 0 amide bonds. The van der Waals surface area contributed by atoms with Crippen molar-refractivity contribution in [2.24, 2.45) is 5.92 Å². The van der Waals surface area contributed by atoms with Gasteiger partial charge in [0.1, 0.15) is 5.82 Å². The highest BCUT2D eigenvalue weighted by Crippen LogP contribution is 2.23. The van der Waals surface area contributed by atoms with Crippen LogP contribution < -0.4 is 5.32 Å². The van der Waals surface area contributed by atoms with Gasteiger partial charge in [0.2, 0.25) is 0 Å². The zero-order chi connectivity index (χ0) is 12.1. The Kier molecular flexibility index (Phi) is 4.27. The first-order chi connectivity index (χ1) is 8.28. The van der Waals surface area contributed by atoms with Crippen molar-refractivity contribution in [3.63, 3.8) is 0 Å². The van der Waals surface area contributed by atoms with Crippen LogP contribution in [0.15, 0.2) is 18.2 Å². The summed E-state index contributed by atoms with van der Waals surface area (Å²) in [5.41, 5.74) is 1.08. The summed E-state index contributed by atoms with van der Waals surface area (Å²) in [6.07, 6.45) is 2.44. The van der Waals surface area contributed by atoms with Crippen LogP contribution in [0.3, 0.4) is 0 Å². The Labute approximate surface area is 105 Å². The summed E-state index contributed by atoms with van der Waals surface area (Å²) in [6.45, 7) is 0.870. The molecule has 0 saturated carbocycles. The van der Waals surface area contributed by atoms with Gasteiger partial charge >= 0.3 is 0 Å². The van der Waals surface area contributed by atoms with E-state index in [-0.39, 0.29) is 5.82 Å². The lowest BCUT2D eigenvalue weighted by molar-refractivity contribution is 0.516. The van der Waals surface area contributed by atoms with E-state index in [4.69, 9.17) is 5.26 Å². The number of hydrogen-bond donors (Lipinski definition) is 1. The molecule has 1 fully saturated rings. The van der Waals surface area contributed by atoms with Crippen LogP contribution in [-0.2, 0) is 0 Å². The molecular formula is C13H15FN2S. The Morgan fingerprint density at radius 3 is 2.82 bits per heavy atom. The number of nitriles is 1. The van der Waals surface area contributed by atoms with Crippen molar-refractivity contribution in [1.29, 1.82) is 5.26 Å². The molecule has 1 aliphatic heterocycles. The Balaban J connectivity index is 1.94. The average Bonchev–Trinajstić information content (AvgIpc) is 2.37. The van der Waals surface area contributed by atoms with Gasteiger partial charge in [-0.2, -0.15) is 17.0 Å². The minimum atomic E-state index is -0.356. The molecular weight excluding hydrogens is 235 g/mol. The standard InChI is InChI=1S/C13H15FN2S/c14-12-5-11(8-15)6-13(7-12)16-9-10-1-3-17-4-2-10/h5-7,10,16H,1-4,9H2. The molecule has 0 atom stereocenters. The van der Waals surface area contributed by atoms with E-state index in [0.29, 0.717) is 17.2 Å². The van der Waals surface area contributed by atoms with E-state index in [9.17, 15) is 4.39 Å². The molecule has 0 aliphatic carbocycles. The Morgan fingerprint density at radius 1 is 1.35 bits per heavy atom. The summed E-state index contributed by atoms with van der Waals surface area (Å²) < 4.78 is 13.2. The number of nitrogens with one attached hydrogen (secondary N) is 1. The molecule has 2 rings (SSSR count). The molecule has 4 heteroatoms. The van der Waals surface area contributed by atoms with E-state index < -0.39 is 0 Å². The zero-order valence-electron chi connectivity index (χ0n) is 9.58. The predicted molar refractivity (Wildman–Crippen MR) is 69.7 cm³/mol. The fourth-order valence-corrected chi connectivity index (χ4v) is 3.17. The zero-order valence-corrected chi connectivity index (χ0v) is 10.4. The van der Waals surface area contributed by atoms with Crippen LogP contribution in [0.2, 0.25) is 0 Å². The third-order valence-electron chi connectivity index (χ3n) is 2.96. The number of rotatable bonds is 3. The predicted octanol–water partition coefficient (Wildman–Crippen LogP) is 3.25.